The molecular formula is C20H27N5O. The second kappa shape index (κ2) is 7.58. The van der Waals surface area contributed by atoms with Gasteiger partial charge in [-0.15, -0.1) is 0 Å². The van der Waals surface area contributed by atoms with Crippen molar-refractivity contribution in [3.63, 3.8) is 0 Å². The Balaban J connectivity index is 1.43. The van der Waals surface area contributed by atoms with Gasteiger partial charge in [-0.1, -0.05) is 6.07 Å². The molecule has 138 valence electrons. The number of aromatic nitrogens is 3. The number of anilines is 1. The van der Waals surface area contributed by atoms with E-state index in [9.17, 15) is 0 Å². The molecule has 0 radical (unpaired) electrons. The first-order valence-electron chi connectivity index (χ1n) is 9.55. The Morgan fingerprint density at radius 2 is 2.00 bits per heavy atom. The van der Waals surface area contributed by atoms with E-state index in [2.05, 4.69) is 37.7 Å². The van der Waals surface area contributed by atoms with Gasteiger partial charge in [0, 0.05) is 55.7 Å². The van der Waals surface area contributed by atoms with Gasteiger partial charge in [0.05, 0.1) is 7.11 Å². The van der Waals surface area contributed by atoms with Crippen LogP contribution in [-0.4, -0.2) is 52.6 Å². The summed E-state index contributed by atoms with van der Waals surface area (Å²) < 4.78 is 5.15. The number of piperazine rings is 1. The summed E-state index contributed by atoms with van der Waals surface area (Å²) in [6.45, 7) is 6.28. The Labute approximate surface area is 155 Å². The average molecular weight is 353 g/mol. The number of rotatable bonds is 4. The number of aryl methyl sites for hydroxylation is 1. The highest BCUT2D eigenvalue weighted by atomic mass is 16.5. The van der Waals surface area contributed by atoms with Crippen LogP contribution in [0.4, 0.5) is 5.82 Å². The van der Waals surface area contributed by atoms with Crippen LogP contribution in [0.15, 0.2) is 24.7 Å². The molecule has 1 unspecified atom stereocenters. The molecule has 6 heteroatoms. The molecule has 0 saturated carbocycles. The van der Waals surface area contributed by atoms with Gasteiger partial charge in [0.2, 0.25) is 5.88 Å². The van der Waals surface area contributed by atoms with Gasteiger partial charge in [0.15, 0.2) is 0 Å². The molecule has 0 amide bonds. The van der Waals surface area contributed by atoms with Crippen LogP contribution >= 0.6 is 0 Å². The van der Waals surface area contributed by atoms with Crippen LogP contribution in [0, 0.1) is 0 Å². The van der Waals surface area contributed by atoms with Crippen molar-refractivity contribution in [3.05, 3.63) is 41.5 Å². The van der Waals surface area contributed by atoms with Crippen LogP contribution in [0.3, 0.4) is 0 Å². The molecule has 0 N–H and O–H groups in total. The third kappa shape index (κ3) is 3.51. The van der Waals surface area contributed by atoms with E-state index in [1.54, 1.807) is 13.4 Å². The lowest BCUT2D eigenvalue weighted by Gasteiger charge is -2.41. The van der Waals surface area contributed by atoms with Crippen molar-refractivity contribution >= 4 is 5.82 Å². The number of ether oxygens (including phenoxy) is 1. The summed E-state index contributed by atoms with van der Waals surface area (Å²) in [5.41, 5.74) is 3.88. The van der Waals surface area contributed by atoms with Crippen LogP contribution in [0.25, 0.3) is 0 Å². The molecule has 4 rings (SSSR count). The molecule has 1 atom stereocenters. The van der Waals surface area contributed by atoms with Crippen LogP contribution in [0.1, 0.15) is 36.6 Å². The van der Waals surface area contributed by atoms with Crippen LogP contribution in [-0.2, 0) is 19.4 Å². The zero-order chi connectivity index (χ0) is 17.9. The molecule has 3 heterocycles. The van der Waals surface area contributed by atoms with Gasteiger partial charge < -0.3 is 9.64 Å². The normalized spacial score (nSPS) is 20.7. The van der Waals surface area contributed by atoms with E-state index in [-0.39, 0.29) is 0 Å². The maximum Gasteiger partial charge on any atom is 0.212 e. The second-order valence-corrected chi connectivity index (χ2v) is 7.30. The molecule has 0 spiro atoms. The van der Waals surface area contributed by atoms with Crippen molar-refractivity contribution in [3.8, 4) is 5.88 Å². The van der Waals surface area contributed by atoms with Gasteiger partial charge in [-0.3, -0.25) is 4.90 Å². The van der Waals surface area contributed by atoms with Gasteiger partial charge in [-0.25, -0.2) is 15.0 Å². The van der Waals surface area contributed by atoms with Gasteiger partial charge in [-0.2, -0.15) is 0 Å². The van der Waals surface area contributed by atoms with Gasteiger partial charge in [-0.05, 0) is 38.2 Å². The predicted molar refractivity (Wildman–Crippen MR) is 102 cm³/mol. The monoisotopic (exact) mass is 353 g/mol. The van der Waals surface area contributed by atoms with E-state index >= 15 is 0 Å². The van der Waals surface area contributed by atoms with E-state index in [1.807, 2.05) is 12.3 Å². The highest BCUT2D eigenvalue weighted by molar-refractivity contribution is 5.50. The number of methoxy groups -OCH3 is 1. The molecular weight excluding hydrogens is 326 g/mol. The number of hydrogen-bond donors (Lipinski definition) is 0. The van der Waals surface area contributed by atoms with Gasteiger partial charge in [0.1, 0.15) is 12.1 Å². The number of pyridine rings is 1. The zero-order valence-electron chi connectivity index (χ0n) is 15.7. The Kier molecular flexibility index (Phi) is 5.02. The van der Waals surface area contributed by atoms with Crippen LogP contribution in [0.2, 0.25) is 0 Å². The first-order chi connectivity index (χ1) is 12.7. The Morgan fingerprint density at radius 1 is 1.12 bits per heavy atom. The summed E-state index contributed by atoms with van der Waals surface area (Å²) >= 11 is 0. The summed E-state index contributed by atoms with van der Waals surface area (Å²) in [4.78, 5) is 18.5. The van der Waals surface area contributed by atoms with E-state index in [1.165, 1.54) is 35.5 Å². The largest absolute Gasteiger partial charge is 0.481 e. The number of fused-ring (bicyclic) bond motifs is 1. The first-order valence-corrected chi connectivity index (χ1v) is 9.55. The Hall–Kier alpha value is -2.21. The van der Waals surface area contributed by atoms with E-state index in [4.69, 9.17) is 4.74 Å². The van der Waals surface area contributed by atoms with Crippen molar-refractivity contribution < 1.29 is 4.74 Å². The lowest BCUT2D eigenvalue weighted by molar-refractivity contribution is 0.180. The minimum Gasteiger partial charge on any atom is -0.481 e. The van der Waals surface area contributed by atoms with E-state index in [0.29, 0.717) is 11.9 Å². The fourth-order valence-corrected chi connectivity index (χ4v) is 4.06. The van der Waals surface area contributed by atoms with Gasteiger partial charge in [0.25, 0.3) is 0 Å². The molecule has 1 aliphatic heterocycles. The average Bonchev–Trinajstić information content (AvgIpc) is 2.69. The summed E-state index contributed by atoms with van der Waals surface area (Å²) in [5.74, 6) is 1.84. The molecule has 1 fully saturated rings. The molecule has 1 aliphatic carbocycles. The lowest BCUT2D eigenvalue weighted by Crippen LogP contribution is -2.52. The van der Waals surface area contributed by atoms with Crippen molar-refractivity contribution in [1.82, 2.24) is 19.9 Å². The molecule has 2 aromatic heterocycles. The quantitative estimate of drug-likeness (QED) is 0.842. The maximum atomic E-state index is 5.15. The molecule has 26 heavy (non-hydrogen) atoms. The molecule has 6 nitrogen and oxygen atoms in total. The van der Waals surface area contributed by atoms with Crippen molar-refractivity contribution in [2.75, 3.05) is 31.6 Å². The van der Waals surface area contributed by atoms with E-state index in [0.717, 1.165) is 39.0 Å². The minimum atomic E-state index is 0.472. The number of hydrogen-bond acceptors (Lipinski definition) is 6. The molecule has 0 bridgehead atoms. The third-order valence-corrected chi connectivity index (χ3v) is 5.56. The first kappa shape index (κ1) is 17.2. The topological polar surface area (TPSA) is 54.4 Å². The Bertz CT molecular complexity index is 748. The molecule has 2 aromatic rings. The summed E-state index contributed by atoms with van der Waals surface area (Å²) in [5, 5.41) is 0. The summed E-state index contributed by atoms with van der Waals surface area (Å²) in [6, 6.07) is 4.51. The third-order valence-electron chi connectivity index (χ3n) is 5.56. The van der Waals surface area contributed by atoms with Crippen molar-refractivity contribution in [2.24, 2.45) is 0 Å². The highest BCUT2D eigenvalue weighted by Gasteiger charge is 2.27. The second-order valence-electron chi connectivity index (χ2n) is 7.30. The fraction of sp³-hybridized carbons (Fsp3) is 0.550. The zero-order valence-corrected chi connectivity index (χ0v) is 15.7. The number of nitrogens with zero attached hydrogens (tertiary/aromatic N) is 5. The summed E-state index contributed by atoms with van der Waals surface area (Å²) in [7, 11) is 1.65. The SMILES string of the molecule is COc1ccc(CN2CCN(c3ncnc4c3CCCC4)CC2C)cn1. The summed E-state index contributed by atoms with van der Waals surface area (Å²) in [6.07, 6.45) is 8.40. The minimum absolute atomic E-state index is 0.472. The maximum absolute atomic E-state index is 5.15. The van der Waals surface area contributed by atoms with Crippen molar-refractivity contribution in [2.45, 2.75) is 45.2 Å². The Morgan fingerprint density at radius 3 is 2.77 bits per heavy atom. The fourth-order valence-electron chi connectivity index (χ4n) is 4.06. The molecule has 0 aromatic carbocycles. The van der Waals surface area contributed by atoms with Crippen molar-refractivity contribution in [1.29, 1.82) is 0 Å². The highest BCUT2D eigenvalue weighted by Crippen LogP contribution is 2.28. The van der Waals surface area contributed by atoms with Crippen LogP contribution in [0.5, 0.6) is 5.88 Å². The molecule has 2 aliphatic rings. The van der Waals surface area contributed by atoms with E-state index < -0.39 is 0 Å². The standard InChI is InChI=1S/C20H27N5O/c1-15-12-25(20-17-5-3-4-6-18(17)22-14-23-20)10-9-24(15)13-16-7-8-19(26-2)21-11-16/h7-8,11,14-15H,3-6,9-10,12-13H2,1-2H3. The smallest absolute Gasteiger partial charge is 0.212 e. The lowest BCUT2D eigenvalue weighted by atomic mass is 9.96. The van der Waals surface area contributed by atoms with Crippen LogP contribution < -0.4 is 9.64 Å². The molecule has 1 saturated heterocycles. The van der Waals surface area contributed by atoms with Gasteiger partial charge >= 0.3 is 0 Å². The predicted octanol–water partition coefficient (Wildman–Crippen LogP) is 2.47.